The Morgan fingerprint density at radius 3 is 2.83 bits per heavy atom. The summed E-state index contributed by atoms with van der Waals surface area (Å²) >= 11 is 0. The average Bonchev–Trinajstić information content (AvgIpc) is 2.36. The van der Waals surface area contributed by atoms with Crippen LogP contribution in [0.3, 0.4) is 0 Å². The highest BCUT2D eigenvalue weighted by Crippen LogP contribution is 2.24. The first-order chi connectivity index (χ1) is 8.58. The summed E-state index contributed by atoms with van der Waals surface area (Å²) < 4.78 is 9.49. The van der Waals surface area contributed by atoms with Crippen molar-refractivity contribution in [2.24, 2.45) is 0 Å². The number of carbonyl (C=O) groups excluding carboxylic acids is 1. The van der Waals surface area contributed by atoms with E-state index in [4.69, 9.17) is 4.74 Å². The molecule has 0 saturated carbocycles. The van der Waals surface area contributed by atoms with E-state index in [0.29, 0.717) is 5.69 Å². The van der Waals surface area contributed by atoms with Crippen molar-refractivity contribution < 1.29 is 19.2 Å². The molecule has 0 amide bonds. The van der Waals surface area contributed by atoms with Gasteiger partial charge < -0.3 is 9.47 Å². The van der Waals surface area contributed by atoms with E-state index in [9.17, 15) is 14.9 Å². The predicted molar refractivity (Wildman–Crippen MR) is 63.1 cm³/mol. The lowest BCUT2D eigenvalue weighted by Crippen LogP contribution is -2.00. The summed E-state index contributed by atoms with van der Waals surface area (Å²) in [6.45, 7) is 1.97. The van der Waals surface area contributed by atoms with Crippen LogP contribution in [0.15, 0.2) is 18.2 Å². The highest BCUT2D eigenvalue weighted by molar-refractivity contribution is 5.86. The van der Waals surface area contributed by atoms with Crippen LogP contribution in [-0.2, 0) is 9.53 Å². The van der Waals surface area contributed by atoms with Crippen molar-refractivity contribution in [3.05, 3.63) is 34.0 Å². The van der Waals surface area contributed by atoms with Gasteiger partial charge in [0.15, 0.2) is 0 Å². The number of nitro groups is 1. The van der Waals surface area contributed by atoms with E-state index in [1.54, 1.807) is 6.92 Å². The molecule has 18 heavy (non-hydrogen) atoms. The molecule has 7 nitrogen and oxygen atoms in total. The van der Waals surface area contributed by atoms with Gasteiger partial charge in [-0.3, -0.25) is 10.1 Å². The second-order valence-corrected chi connectivity index (χ2v) is 3.11. The number of methoxy groups -OCH3 is 1. The zero-order chi connectivity index (χ0) is 13.5. The molecule has 0 aliphatic carbocycles. The van der Waals surface area contributed by atoms with Crippen LogP contribution in [0.4, 0.5) is 5.69 Å². The minimum Gasteiger partial charge on any atom is -0.476 e. The maximum absolute atomic E-state index is 11.1. The SMILES string of the molecule is CCOC(=O)C=Cc1ccc([N+](=O)[O-])c(OC)n1. The second-order valence-electron chi connectivity index (χ2n) is 3.11. The number of hydrogen-bond donors (Lipinski definition) is 0. The lowest BCUT2D eigenvalue weighted by atomic mass is 10.3. The molecule has 0 radical (unpaired) electrons. The van der Waals surface area contributed by atoms with Gasteiger partial charge in [-0.1, -0.05) is 0 Å². The van der Waals surface area contributed by atoms with Crippen LogP contribution in [0.5, 0.6) is 5.88 Å². The van der Waals surface area contributed by atoms with Crippen LogP contribution >= 0.6 is 0 Å². The van der Waals surface area contributed by atoms with Gasteiger partial charge in [0, 0.05) is 12.1 Å². The quantitative estimate of drug-likeness (QED) is 0.342. The zero-order valence-corrected chi connectivity index (χ0v) is 9.95. The molecule has 1 heterocycles. The van der Waals surface area contributed by atoms with Crippen LogP contribution in [0.1, 0.15) is 12.6 Å². The summed E-state index contributed by atoms with van der Waals surface area (Å²) in [4.78, 5) is 25.0. The number of aromatic nitrogens is 1. The minimum absolute atomic E-state index is 0.106. The first-order valence-electron chi connectivity index (χ1n) is 5.12. The Hall–Kier alpha value is -2.44. The third-order valence-electron chi connectivity index (χ3n) is 1.93. The van der Waals surface area contributed by atoms with E-state index in [0.717, 1.165) is 0 Å². The number of nitrogens with zero attached hydrogens (tertiary/aromatic N) is 2. The highest BCUT2D eigenvalue weighted by atomic mass is 16.6. The summed E-state index contributed by atoms with van der Waals surface area (Å²) in [5, 5.41) is 10.6. The Morgan fingerprint density at radius 2 is 2.28 bits per heavy atom. The van der Waals surface area contributed by atoms with Crippen LogP contribution in [-0.4, -0.2) is 29.6 Å². The van der Waals surface area contributed by atoms with Crippen molar-refractivity contribution in [3.63, 3.8) is 0 Å². The van der Waals surface area contributed by atoms with Crippen molar-refractivity contribution in [2.45, 2.75) is 6.92 Å². The van der Waals surface area contributed by atoms with Gasteiger partial charge in [-0.2, -0.15) is 0 Å². The molecule has 0 atom stereocenters. The number of carbonyl (C=O) groups is 1. The van der Waals surface area contributed by atoms with Gasteiger partial charge in [0.05, 0.1) is 24.3 Å². The molecule has 0 aliphatic heterocycles. The van der Waals surface area contributed by atoms with Gasteiger partial charge in [0.1, 0.15) is 0 Å². The third-order valence-corrected chi connectivity index (χ3v) is 1.93. The fourth-order valence-corrected chi connectivity index (χ4v) is 1.17. The minimum atomic E-state index is -0.593. The molecular formula is C11H12N2O5. The average molecular weight is 252 g/mol. The standard InChI is InChI=1S/C11H12N2O5/c1-3-18-10(14)7-5-8-4-6-9(13(15)16)11(12-8)17-2/h4-7H,3H2,1-2H3. The van der Waals surface area contributed by atoms with Crippen molar-refractivity contribution in [2.75, 3.05) is 13.7 Å². The molecule has 0 aromatic carbocycles. The largest absolute Gasteiger partial charge is 0.476 e. The number of rotatable bonds is 5. The third kappa shape index (κ3) is 3.55. The van der Waals surface area contributed by atoms with E-state index < -0.39 is 10.9 Å². The van der Waals surface area contributed by atoms with Gasteiger partial charge in [0.25, 0.3) is 5.88 Å². The van der Waals surface area contributed by atoms with Crippen LogP contribution in [0.25, 0.3) is 6.08 Å². The van der Waals surface area contributed by atoms with Gasteiger partial charge in [-0.15, -0.1) is 0 Å². The van der Waals surface area contributed by atoms with Crippen LogP contribution in [0, 0.1) is 10.1 Å². The molecule has 1 aromatic rings. The molecule has 0 spiro atoms. The van der Waals surface area contributed by atoms with Crippen molar-refractivity contribution in [3.8, 4) is 5.88 Å². The Kier molecular flexibility index (Phi) is 4.79. The lowest BCUT2D eigenvalue weighted by molar-refractivity contribution is -0.386. The summed E-state index contributed by atoms with van der Waals surface area (Å²) in [5.74, 6) is -0.609. The molecule has 0 aliphatic rings. The Bertz CT molecular complexity index is 484. The topological polar surface area (TPSA) is 91.6 Å². The number of pyridine rings is 1. The maximum atomic E-state index is 11.1. The molecule has 1 rings (SSSR count). The van der Waals surface area contributed by atoms with Crippen LogP contribution in [0.2, 0.25) is 0 Å². The number of ether oxygens (including phenoxy) is 2. The zero-order valence-electron chi connectivity index (χ0n) is 9.95. The summed E-state index contributed by atoms with van der Waals surface area (Å²) in [7, 11) is 1.29. The predicted octanol–water partition coefficient (Wildman–Crippen LogP) is 1.57. The molecule has 96 valence electrons. The summed E-state index contributed by atoms with van der Waals surface area (Å²) in [6, 6.07) is 2.67. The monoisotopic (exact) mass is 252 g/mol. The van der Waals surface area contributed by atoms with E-state index in [1.807, 2.05) is 0 Å². The second kappa shape index (κ2) is 6.33. The van der Waals surface area contributed by atoms with E-state index >= 15 is 0 Å². The summed E-state index contributed by atoms with van der Waals surface area (Å²) in [6.07, 6.45) is 2.58. The molecule has 7 heteroatoms. The van der Waals surface area contributed by atoms with E-state index in [1.165, 1.54) is 31.4 Å². The van der Waals surface area contributed by atoms with Crippen molar-refractivity contribution in [1.29, 1.82) is 0 Å². The van der Waals surface area contributed by atoms with Gasteiger partial charge in [-0.25, -0.2) is 9.78 Å². The van der Waals surface area contributed by atoms with E-state index in [2.05, 4.69) is 9.72 Å². The molecular weight excluding hydrogens is 240 g/mol. The Balaban J connectivity index is 2.92. The fraction of sp³-hybridized carbons (Fsp3) is 0.273. The van der Waals surface area contributed by atoms with Gasteiger partial charge in [0.2, 0.25) is 0 Å². The Morgan fingerprint density at radius 1 is 1.56 bits per heavy atom. The molecule has 0 saturated heterocycles. The highest BCUT2D eigenvalue weighted by Gasteiger charge is 2.15. The lowest BCUT2D eigenvalue weighted by Gasteiger charge is -2.01. The van der Waals surface area contributed by atoms with Gasteiger partial charge >= 0.3 is 11.7 Å². The molecule has 0 unspecified atom stereocenters. The first kappa shape index (κ1) is 13.6. The molecule has 1 aromatic heterocycles. The Labute approximate surface area is 103 Å². The molecule has 0 N–H and O–H groups in total. The number of esters is 1. The molecule has 0 fully saturated rings. The summed E-state index contributed by atoms with van der Waals surface area (Å²) in [5.41, 5.74) is 0.135. The normalized spacial score (nSPS) is 10.3. The number of hydrogen-bond acceptors (Lipinski definition) is 6. The van der Waals surface area contributed by atoms with Crippen molar-refractivity contribution >= 4 is 17.7 Å². The van der Waals surface area contributed by atoms with Gasteiger partial charge in [-0.05, 0) is 19.1 Å². The fourth-order valence-electron chi connectivity index (χ4n) is 1.17. The maximum Gasteiger partial charge on any atom is 0.330 e. The van der Waals surface area contributed by atoms with Crippen molar-refractivity contribution in [1.82, 2.24) is 4.98 Å². The van der Waals surface area contributed by atoms with E-state index in [-0.39, 0.29) is 18.2 Å². The van der Waals surface area contributed by atoms with Crippen LogP contribution < -0.4 is 4.74 Å². The molecule has 0 bridgehead atoms. The smallest absolute Gasteiger partial charge is 0.330 e. The first-order valence-corrected chi connectivity index (χ1v) is 5.12.